The van der Waals surface area contributed by atoms with Crippen molar-refractivity contribution >= 4 is 5.97 Å². The average Bonchev–Trinajstić information content (AvgIpc) is 3.50. The predicted octanol–water partition coefficient (Wildman–Crippen LogP) is 0.0575. The van der Waals surface area contributed by atoms with Gasteiger partial charge in [-0.3, -0.25) is 0 Å². The summed E-state index contributed by atoms with van der Waals surface area (Å²) >= 11 is 0. The van der Waals surface area contributed by atoms with Crippen molar-refractivity contribution in [1.82, 2.24) is 0 Å². The molecule has 2 spiro atoms. The molecule has 7 heteroatoms. The van der Waals surface area contributed by atoms with Crippen LogP contribution < -0.4 is 0 Å². The fourth-order valence-electron chi connectivity index (χ4n) is 7.30. The molecule has 3 heterocycles. The van der Waals surface area contributed by atoms with Crippen molar-refractivity contribution < 1.29 is 34.3 Å². The van der Waals surface area contributed by atoms with Crippen LogP contribution in [0.25, 0.3) is 0 Å². The van der Waals surface area contributed by atoms with Gasteiger partial charge in [-0.15, -0.1) is 0 Å². The number of aliphatic hydroxyl groups excluding tert-OH is 2. The Morgan fingerprint density at radius 3 is 2.67 bits per heavy atom. The lowest BCUT2D eigenvalue weighted by Gasteiger charge is -2.56. The van der Waals surface area contributed by atoms with Gasteiger partial charge < -0.3 is 29.5 Å². The molecular formula is C20H26O7. The van der Waals surface area contributed by atoms with Crippen LogP contribution >= 0.6 is 0 Å². The van der Waals surface area contributed by atoms with E-state index in [1.165, 1.54) is 0 Å². The van der Waals surface area contributed by atoms with E-state index >= 15 is 0 Å². The molecule has 0 aromatic heterocycles. The largest absolute Gasteiger partial charge is 0.458 e. The zero-order chi connectivity index (χ0) is 19.1. The van der Waals surface area contributed by atoms with Gasteiger partial charge in [-0.25, -0.2) is 4.79 Å². The number of hydrogen-bond donors (Lipinski definition) is 3. The van der Waals surface area contributed by atoms with Crippen LogP contribution in [0.3, 0.4) is 0 Å². The van der Waals surface area contributed by atoms with Crippen molar-refractivity contribution in [2.24, 2.45) is 17.3 Å². The Kier molecular flexibility index (Phi) is 2.78. The molecule has 27 heavy (non-hydrogen) atoms. The minimum atomic E-state index is -1.67. The second-order valence-electron chi connectivity index (χ2n) is 9.85. The summed E-state index contributed by atoms with van der Waals surface area (Å²) in [5, 5.41) is 33.5. The number of esters is 1. The lowest BCUT2D eigenvalue weighted by Crippen LogP contribution is -2.76. The molecule has 0 radical (unpaired) electrons. The van der Waals surface area contributed by atoms with Crippen LogP contribution in [0.5, 0.6) is 0 Å². The zero-order valence-electron chi connectivity index (χ0n) is 15.8. The fraction of sp³-hybridized carbons (Fsp3) is 0.850. The number of carbonyl (C=O) groups is 1. The average molecular weight is 378 g/mol. The van der Waals surface area contributed by atoms with Crippen LogP contribution in [0.1, 0.15) is 40.0 Å². The van der Waals surface area contributed by atoms with Crippen molar-refractivity contribution in [3.63, 3.8) is 0 Å². The van der Waals surface area contributed by atoms with Crippen LogP contribution in [-0.4, -0.2) is 69.1 Å². The molecule has 7 nitrogen and oxygen atoms in total. The molecule has 3 N–H and O–H groups in total. The van der Waals surface area contributed by atoms with E-state index in [4.69, 9.17) is 14.2 Å². The first-order chi connectivity index (χ1) is 12.7. The molecule has 0 aromatic carbocycles. The van der Waals surface area contributed by atoms with E-state index in [2.05, 4.69) is 6.92 Å². The second kappa shape index (κ2) is 4.44. The van der Waals surface area contributed by atoms with Crippen molar-refractivity contribution in [2.75, 3.05) is 6.61 Å². The SMILES string of the molecule is CC(C)[C@]1(O)[C@@H](O)[C@@H]2OC23C2(O[C@H]2C[C@H]2C4=C(CC[C@@]23C)C(=O)OC4)[C@@H]1O. The number of cyclic esters (lactones) is 1. The standard InChI is InChI=1S/C20H26O7/c1-8(2)18(24)13(21)14-20(27-14)17(3)5-4-9-10(7-25-15(9)22)11(17)6-12-19(20,26-12)16(18)23/h8,11-14,16,21,23-24H,4-7H2,1-3H3/t11-,12-,13-,14-,16+,17-,18-,19?,20?/m0/s1. The molecule has 3 aliphatic carbocycles. The van der Waals surface area contributed by atoms with Crippen molar-refractivity contribution in [3.8, 4) is 0 Å². The van der Waals surface area contributed by atoms with Gasteiger partial charge in [0.1, 0.15) is 36.1 Å². The lowest BCUT2D eigenvalue weighted by atomic mass is 9.45. The zero-order valence-corrected chi connectivity index (χ0v) is 15.8. The summed E-state index contributed by atoms with van der Waals surface area (Å²) < 4.78 is 17.7. The van der Waals surface area contributed by atoms with Gasteiger partial charge in [0.05, 0.1) is 6.10 Å². The minimum Gasteiger partial charge on any atom is -0.458 e. The Balaban J connectivity index is 1.50. The van der Waals surface area contributed by atoms with Gasteiger partial charge in [-0.1, -0.05) is 20.8 Å². The van der Waals surface area contributed by atoms with Crippen molar-refractivity contribution in [2.45, 2.75) is 81.3 Å². The van der Waals surface area contributed by atoms with Crippen LogP contribution in [-0.2, 0) is 19.0 Å². The first-order valence-corrected chi connectivity index (χ1v) is 9.99. The first kappa shape index (κ1) is 16.9. The summed E-state index contributed by atoms with van der Waals surface area (Å²) in [6, 6.07) is 0. The quantitative estimate of drug-likeness (QED) is 0.437. The van der Waals surface area contributed by atoms with Crippen LogP contribution in [0, 0.1) is 17.3 Å². The molecule has 2 unspecified atom stereocenters. The van der Waals surface area contributed by atoms with Gasteiger partial charge in [-0.05, 0) is 36.7 Å². The fourth-order valence-corrected chi connectivity index (χ4v) is 7.30. The highest BCUT2D eigenvalue weighted by molar-refractivity contribution is 5.92. The maximum atomic E-state index is 12.1. The van der Waals surface area contributed by atoms with Gasteiger partial charge >= 0.3 is 5.97 Å². The minimum absolute atomic E-state index is 0.0583. The topological polar surface area (TPSA) is 112 Å². The normalized spacial score (nSPS) is 60.1. The van der Waals surface area contributed by atoms with E-state index in [0.717, 1.165) is 11.1 Å². The highest BCUT2D eigenvalue weighted by Gasteiger charge is 2.96. The highest BCUT2D eigenvalue weighted by atomic mass is 16.7. The molecule has 6 rings (SSSR count). The molecular weight excluding hydrogens is 352 g/mol. The summed E-state index contributed by atoms with van der Waals surface area (Å²) in [6.07, 6.45) is -1.25. The van der Waals surface area contributed by atoms with Crippen LogP contribution in [0.4, 0.5) is 0 Å². The van der Waals surface area contributed by atoms with Crippen molar-refractivity contribution in [1.29, 1.82) is 0 Å². The smallest absolute Gasteiger partial charge is 0.334 e. The molecule has 3 aliphatic heterocycles. The Bertz CT molecular complexity index is 806. The number of carbonyl (C=O) groups excluding carboxylic acids is 1. The van der Waals surface area contributed by atoms with E-state index in [9.17, 15) is 20.1 Å². The Labute approximate surface area is 157 Å². The van der Waals surface area contributed by atoms with Gasteiger partial charge in [0, 0.05) is 11.0 Å². The molecule has 4 fully saturated rings. The van der Waals surface area contributed by atoms with Gasteiger partial charge in [0.15, 0.2) is 5.60 Å². The van der Waals surface area contributed by atoms with Gasteiger partial charge in [0.25, 0.3) is 0 Å². The van der Waals surface area contributed by atoms with E-state index in [0.29, 0.717) is 25.9 Å². The first-order valence-electron chi connectivity index (χ1n) is 9.99. The molecule has 0 aromatic rings. The lowest BCUT2D eigenvalue weighted by molar-refractivity contribution is -0.223. The summed E-state index contributed by atoms with van der Waals surface area (Å²) in [5.74, 6) is -0.511. The number of fused-ring (bicyclic) bond motifs is 2. The van der Waals surface area contributed by atoms with E-state index in [-0.39, 0.29) is 23.9 Å². The molecule has 9 atom stereocenters. The van der Waals surface area contributed by atoms with Crippen LogP contribution in [0.2, 0.25) is 0 Å². The van der Waals surface area contributed by atoms with E-state index < -0.39 is 40.5 Å². The van der Waals surface area contributed by atoms with E-state index in [1.807, 2.05) is 0 Å². The summed E-state index contributed by atoms with van der Waals surface area (Å²) in [4.78, 5) is 12.1. The molecule has 0 amide bonds. The number of rotatable bonds is 1. The van der Waals surface area contributed by atoms with Gasteiger partial charge in [-0.2, -0.15) is 0 Å². The molecule has 2 saturated carbocycles. The summed E-state index contributed by atoms with van der Waals surface area (Å²) in [7, 11) is 0. The molecule has 2 saturated heterocycles. The third kappa shape index (κ3) is 1.44. The highest BCUT2D eigenvalue weighted by Crippen LogP contribution is 2.79. The monoisotopic (exact) mass is 378 g/mol. The number of ether oxygens (including phenoxy) is 3. The molecule has 0 bridgehead atoms. The molecule has 148 valence electrons. The summed E-state index contributed by atoms with van der Waals surface area (Å²) in [6.45, 7) is 6.03. The maximum absolute atomic E-state index is 12.1. The Morgan fingerprint density at radius 2 is 1.96 bits per heavy atom. The third-order valence-electron chi connectivity index (χ3n) is 8.90. The third-order valence-corrected chi connectivity index (χ3v) is 8.90. The number of epoxide rings is 2. The second-order valence-corrected chi connectivity index (χ2v) is 9.85. The number of aliphatic hydroxyl groups is 3. The van der Waals surface area contributed by atoms with Crippen molar-refractivity contribution in [3.05, 3.63) is 11.1 Å². The molecule has 6 aliphatic rings. The predicted molar refractivity (Wildman–Crippen MR) is 90.4 cm³/mol. The summed E-state index contributed by atoms with van der Waals surface area (Å²) in [5.41, 5.74) is -2.06. The van der Waals surface area contributed by atoms with Crippen LogP contribution in [0.15, 0.2) is 11.1 Å². The Hall–Kier alpha value is -0.990. The van der Waals surface area contributed by atoms with E-state index in [1.54, 1.807) is 13.8 Å². The Morgan fingerprint density at radius 1 is 1.22 bits per heavy atom. The maximum Gasteiger partial charge on any atom is 0.334 e. The van der Waals surface area contributed by atoms with Gasteiger partial charge in [0.2, 0.25) is 0 Å². The number of hydrogen-bond acceptors (Lipinski definition) is 7.